The molecule has 1 unspecified atom stereocenters. The monoisotopic (exact) mass is 296 g/mol. The van der Waals surface area contributed by atoms with Crippen LogP contribution in [0.2, 0.25) is 5.02 Å². The first-order valence-corrected chi connectivity index (χ1v) is 7.17. The van der Waals surface area contributed by atoms with Gasteiger partial charge in [-0.3, -0.25) is 4.79 Å². The van der Waals surface area contributed by atoms with Crippen molar-refractivity contribution < 1.29 is 9.53 Å². The molecule has 0 bridgehead atoms. The lowest BCUT2D eigenvalue weighted by Gasteiger charge is -2.37. The van der Waals surface area contributed by atoms with Crippen molar-refractivity contribution in [3.63, 3.8) is 0 Å². The van der Waals surface area contributed by atoms with Crippen LogP contribution in [0.5, 0.6) is 0 Å². The average molecular weight is 297 g/mol. The zero-order chi connectivity index (χ0) is 14.8. The van der Waals surface area contributed by atoms with Crippen LogP contribution in [-0.4, -0.2) is 43.1 Å². The maximum atomic E-state index is 12.5. The minimum atomic E-state index is -0.554. The Hall–Kier alpha value is -1.10. The number of carbonyl (C=O) groups excluding carboxylic acids is 1. The van der Waals surface area contributed by atoms with Gasteiger partial charge < -0.3 is 15.0 Å². The molecule has 0 spiro atoms. The van der Waals surface area contributed by atoms with E-state index in [2.05, 4.69) is 5.32 Å². The summed E-state index contributed by atoms with van der Waals surface area (Å²) in [5, 5.41) is 3.75. The molecule has 1 atom stereocenters. The molecule has 1 amide bonds. The highest BCUT2D eigenvalue weighted by Crippen LogP contribution is 2.24. The van der Waals surface area contributed by atoms with Crippen LogP contribution in [0, 0.1) is 0 Å². The lowest BCUT2D eigenvalue weighted by molar-refractivity contribution is -0.144. The largest absolute Gasteiger partial charge is 0.370 e. The van der Waals surface area contributed by atoms with Gasteiger partial charge in [0.15, 0.2) is 0 Å². The number of likely N-dealkylation sites (N-methyl/N-ethyl adjacent to an activating group) is 1. The number of hydrogen-bond acceptors (Lipinski definition) is 3. The minimum absolute atomic E-state index is 0.0855. The van der Waals surface area contributed by atoms with Crippen molar-refractivity contribution in [2.24, 2.45) is 0 Å². The highest BCUT2D eigenvalue weighted by Gasteiger charge is 2.33. The van der Waals surface area contributed by atoms with E-state index in [9.17, 15) is 4.79 Å². The third kappa shape index (κ3) is 3.32. The SMILES string of the molecule is CNC(C)(C)C(=O)N1CCOC(c2ccc(Cl)cc2)C1. The number of rotatable bonds is 3. The van der Waals surface area contributed by atoms with Crippen molar-refractivity contribution >= 4 is 17.5 Å². The number of carbonyl (C=O) groups is 1. The van der Waals surface area contributed by atoms with Crippen LogP contribution in [0.15, 0.2) is 24.3 Å². The van der Waals surface area contributed by atoms with E-state index in [1.165, 1.54) is 0 Å². The number of hydrogen-bond donors (Lipinski definition) is 1. The van der Waals surface area contributed by atoms with Gasteiger partial charge in [0.05, 0.1) is 18.7 Å². The van der Waals surface area contributed by atoms with Gasteiger partial charge in [0.2, 0.25) is 5.91 Å². The first kappa shape index (κ1) is 15.3. The zero-order valence-corrected chi connectivity index (χ0v) is 12.9. The van der Waals surface area contributed by atoms with Gasteiger partial charge in [0.1, 0.15) is 6.10 Å². The van der Waals surface area contributed by atoms with Gasteiger partial charge in [-0.1, -0.05) is 23.7 Å². The normalized spacial score (nSPS) is 20.0. The second-order valence-electron chi connectivity index (χ2n) is 5.54. The summed E-state index contributed by atoms with van der Waals surface area (Å²) in [4.78, 5) is 14.3. The van der Waals surface area contributed by atoms with E-state index in [0.717, 1.165) is 5.56 Å². The second-order valence-corrected chi connectivity index (χ2v) is 5.97. The summed E-state index contributed by atoms with van der Waals surface area (Å²) in [6, 6.07) is 7.59. The van der Waals surface area contributed by atoms with E-state index in [1.807, 2.05) is 43.0 Å². The molecule has 2 rings (SSSR count). The molecule has 1 saturated heterocycles. The summed E-state index contributed by atoms with van der Waals surface area (Å²) in [7, 11) is 1.80. The number of benzene rings is 1. The second kappa shape index (κ2) is 6.12. The molecule has 0 radical (unpaired) electrons. The highest BCUT2D eigenvalue weighted by molar-refractivity contribution is 6.30. The molecule has 4 nitrogen and oxygen atoms in total. The molecule has 1 heterocycles. The van der Waals surface area contributed by atoms with E-state index in [0.29, 0.717) is 24.7 Å². The molecular formula is C15H21ClN2O2. The fourth-order valence-corrected chi connectivity index (χ4v) is 2.34. The van der Waals surface area contributed by atoms with Crippen LogP contribution >= 0.6 is 11.6 Å². The van der Waals surface area contributed by atoms with Crippen LogP contribution in [0.4, 0.5) is 0 Å². The Bertz CT molecular complexity index is 473. The van der Waals surface area contributed by atoms with E-state index in [1.54, 1.807) is 7.05 Å². The van der Waals surface area contributed by atoms with Crippen molar-refractivity contribution in [3.05, 3.63) is 34.9 Å². The van der Waals surface area contributed by atoms with Crippen molar-refractivity contribution in [1.82, 2.24) is 10.2 Å². The van der Waals surface area contributed by atoms with Gasteiger partial charge in [0, 0.05) is 11.6 Å². The molecule has 0 saturated carbocycles. The van der Waals surface area contributed by atoms with Crippen molar-refractivity contribution in [2.45, 2.75) is 25.5 Å². The third-order valence-corrected chi connectivity index (χ3v) is 4.01. The molecule has 1 N–H and O–H groups in total. The summed E-state index contributed by atoms with van der Waals surface area (Å²) in [6.07, 6.45) is -0.0855. The van der Waals surface area contributed by atoms with E-state index < -0.39 is 5.54 Å². The number of nitrogens with zero attached hydrogens (tertiary/aromatic N) is 1. The minimum Gasteiger partial charge on any atom is -0.370 e. The Balaban J connectivity index is 2.09. The number of amides is 1. The van der Waals surface area contributed by atoms with Crippen molar-refractivity contribution in [1.29, 1.82) is 0 Å². The maximum Gasteiger partial charge on any atom is 0.242 e. The average Bonchev–Trinajstić information content (AvgIpc) is 2.47. The van der Waals surface area contributed by atoms with E-state index >= 15 is 0 Å². The summed E-state index contributed by atoms with van der Waals surface area (Å²) >= 11 is 5.89. The molecule has 1 aliphatic heterocycles. The lowest BCUT2D eigenvalue weighted by atomic mass is 10.0. The molecular weight excluding hydrogens is 276 g/mol. The standard InChI is InChI=1S/C15H21ClN2O2/c1-15(2,17-3)14(19)18-8-9-20-13(10-18)11-4-6-12(16)7-5-11/h4-7,13,17H,8-10H2,1-3H3. The predicted molar refractivity (Wildman–Crippen MR) is 79.9 cm³/mol. The smallest absolute Gasteiger partial charge is 0.242 e. The maximum absolute atomic E-state index is 12.5. The summed E-state index contributed by atoms with van der Waals surface area (Å²) in [5.41, 5.74) is 0.496. The first-order valence-electron chi connectivity index (χ1n) is 6.79. The number of morpholine rings is 1. The van der Waals surface area contributed by atoms with Crippen LogP contribution in [0.25, 0.3) is 0 Å². The Morgan fingerprint density at radius 3 is 2.65 bits per heavy atom. The van der Waals surface area contributed by atoms with Crippen LogP contribution in [0.1, 0.15) is 25.5 Å². The number of halogens is 1. The van der Waals surface area contributed by atoms with Crippen molar-refractivity contribution in [2.75, 3.05) is 26.7 Å². The van der Waals surface area contributed by atoms with Gasteiger partial charge in [0.25, 0.3) is 0 Å². The van der Waals surface area contributed by atoms with Gasteiger partial charge in [-0.05, 0) is 38.6 Å². The molecule has 20 heavy (non-hydrogen) atoms. The first-order chi connectivity index (χ1) is 9.44. The molecule has 0 aromatic heterocycles. The van der Waals surface area contributed by atoms with Gasteiger partial charge in [-0.15, -0.1) is 0 Å². The molecule has 5 heteroatoms. The summed E-state index contributed by atoms with van der Waals surface area (Å²) in [5.74, 6) is 0.0993. The zero-order valence-electron chi connectivity index (χ0n) is 12.1. The Labute approximate surface area is 125 Å². The van der Waals surface area contributed by atoms with Crippen LogP contribution in [-0.2, 0) is 9.53 Å². The molecule has 110 valence electrons. The fraction of sp³-hybridized carbons (Fsp3) is 0.533. The molecule has 1 aromatic rings. The Morgan fingerprint density at radius 2 is 2.05 bits per heavy atom. The van der Waals surface area contributed by atoms with Crippen LogP contribution in [0.3, 0.4) is 0 Å². The summed E-state index contributed by atoms with van der Waals surface area (Å²) in [6.45, 7) is 5.54. The Morgan fingerprint density at radius 1 is 1.40 bits per heavy atom. The molecule has 1 fully saturated rings. The molecule has 1 aliphatic rings. The Kier molecular flexibility index (Phi) is 4.68. The van der Waals surface area contributed by atoms with Crippen molar-refractivity contribution in [3.8, 4) is 0 Å². The van der Waals surface area contributed by atoms with Gasteiger partial charge >= 0.3 is 0 Å². The van der Waals surface area contributed by atoms with E-state index in [4.69, 9.17) is 16.3 Å². The van der Waals surface area contributed by atoms with Gasteiger partial charge in [-0.25, -0.2) is 0 Å². The summed E-state index contributed by atoms with van der Waals surface area (Å²) < 4.78 is 5.77. The quantitative estimate of drug-likeness (QED) is 0.930. The molecule has 0 aliphatic carbocycles. The lowest BCUT2D eigenvalue weighted by Crippen LogP contribution is -2.55. The fourth-order valence-electron chi connectivity index (χ4n) is 2.22. The predicted octanol–water partition coefficient (Wildman–Crippen LogP) is 2.24. The third-order valence-electron chi connectivity index (χ3n) is 3.76. The molecule has 1 aromatic carbocycles. The van der Waals surface area contributed by atoms with E-state index in [-0.39, 0.29) is 12.0 Å². The number of ether oxygens (including phenoxy) is 1. The highest BCUT2D eigenvalue weighted by atomic mass is 35.5. The topological polar surface area (TPSA) is 41.6 Å². The van der Waals surface area contributed by atoms with Gasteiger partial charge in [-0.2, -0.15) is 0 Å². The number of nitrogens with one attached hydrogen (secondary N) is 1. The van der Waals surface area contributed by atoms with Crippen LogP contribution < -0.4 is 5.32 Å².